The molecule has 0 bridgehead atoms. The van der Waals surface area contributed by atoms with Gasteiger partial charge in [-0.3, -0.25) is 29.1 Å². The summed E-state index contributed by atoms with van der Waals surface area (Å²) in [4.78, 5) is 35.2. The number of aryl methyl sites for hydroxylation is 2. The number of anilines is 1. The lowest BCUT2D eigenvalue weighted by molar-refractivity contribution is -0.385. The molecule has 2 amide bonds. The first-order valence-electron chi connectivity index (χ1n) is 8.08. The van der Waals surface area contributed by atoms with Gasteiger partial charge < -0.3 is 10.6 Å². The Bertz CT molecular complexity index is 837. The summed E-state index contributed by atoms with van der Waals surface area (Å²) in [7, 11) is 1.42. The van der Waals surface area contributed by atoms with Gasteiger partial charge in [0.15, 0.2) is 5.69 Å². The molecule has 2 rings (SSSR count). The van der Waals surface area contributed by atoms with E-state index in [1.165, 1.54) is 17.9 Å². The van der Waals surface area contributed by atoms with Gasteiger partial charge in [-0.15, -0.1) is 0 Å². The molecule has 2 heterocycles. The number of carbonyl (C=O) groups excluding carboxylic acids is 2. The minimum atomic E-state index is -0.745. The van der Waals surface area contributed by atoms with Crippen molar-refractivity contribution in [2.75, 3.05) is 11.9 Å². The van der Waals surface area contributed by atoms with Gasteiger partial charge in [-0.25, -0.2) is 0 Å². The van der Waals surface area contributed by atoms with Crippen LogP contribution in [0.15, 0.2) is 12.4 Å². The molecule has 0 aliphatic heterocycles. The van der Waals surface area contributed by atoms with Crippen molar-refractivity contribution in [3.8, 4) is 0 Å². The Morgan fingerprint density at radius 3 is 2.62 bits per heavy atom. The molecule has 11 heteroatoms. The van der Waals surface area contributed by atoms with Gasteiger partial charge in [0.2, 0.25) is 5.69 Å². The lowest BCUT2D eigenvalue weighted by Gasteiger charge is -2.08. The average molecular weight is 363 g/mol. The highest BCUT2D eigenvalue weighted by atomic mass is 16.6. The molecule has 2 aromatic rings. The normalized spacial score (nSPS) is 10.8. The highest BCUT2D eigenvalue weighted by Gasteiger charge is 2.27. The Morgan fingerprint density at radius 1 is 1.35 bits per heavy atom. The zero-order valence-electron chi connectivity index (χ0n) is 15.0. The van der Waals surface area contributed by atoms with E-state index in [-0.39, 0.29) is 23.0 Å². The minimum Gasteiger partial charge on any atom is -0.350 e. The highest BCUT2D eigenvalue weighted by Crippen LogP contribution is 2.20. The summed E-state index contributed by atoms with van der Waals surface area (Å²) in [5.74, 6) is -0.923. The second kappa shape index (κ2) is 7.76. The molecule has 0 radical (unpaired) electrons. The van der Waals surface area contributed by atoms with Crippen LogP contribution in [0.3, 0.4) is 0 Å². The van der Waals surface area contributed by atoms with Crippen LogP contribution in [0.5, 0.6) is 0 Å². The first kappa shape index (κ1) is 19.1. The van der Waals surface area contributed by atoms with Crippen LogP contribution >= 0.6 is 0 Å². The molecule has 0 atom stereocenters. The second-order valence-corrected chi connectivity index (χ2v) is 6.06. The van der Waals surface area contributed by atoms with E-state index >= 15 is 0 Å². The molecule has 11 nitrogen and oxygen atoms in total. The Labute approximate surface area is 149 Å². The molecule has 0 aliphatic carbocycles. The fourth-order valence-corrected chi connectivity index (χ4v) is 2.23. The van der Waals surface area contributed by atoms with E-state index in [1.54, 1.807) is 0 Å². The van der Waals surface area contributed by atoms with Gasteiger partial charge in [-0.1, -0.05) is 13.8 Å². The highest BCUT2D eigenvalue weighted by molar-refractivity contribution is 6.09. The Hall–Kier alpha value is -3.24. The predicted molar refractivity (Wildman–Crippen MR) is 92.9 cm³/mol. The van der Waals surface area contributed by atoms with Gasteiger partial charge in [-0.05, 0) is 12.8 Å². The van der Waals surface area contributed by atoms with Gasteiger partial charge in [-0.2, -0.15) is 10.2 Å². The Balaban J connectivity index is 2.30. The zero-order valence-corrected chi connectivity index (χ0v) is 15.0. The molecule has 0 aromatic carbocycles. The fraction of sp³-hybridized carbons (Fsp3) is 0.467. The van der Waals surface area contributed by atoms with Crippen LogP contribution < -0.4 is 10.6 Å². The molecular weight excluding hydrogens is 342 g/mol. The van der Waals surface area contributed by atoms with Gasteiger partial charge >= 0.3 is 5.69 Å². The Kier molecular flexibility index (Phi) is 5.70. The third-order valence-corrected chi connectivity index (χ3v) is 3.55. The van der Waals surface area contributed by atoms with E-state index in [4.69, 9.17) is 0 Å². The van der Waals surface area contributed by atoms with Crippen molar-refractivity contribution in [3.05, 3.63) is 33.9 Å². The van der Waals surface area contributed by atoms with Crippen LogP contribution in [-0.2, 0) is 13.6 Å². The van der Waals surface area contributed by atoms with Crippen molar-refractivity contribution in [1.82, 2.24) is 24.9 Å². The summed E-state index contributed by atoms with van der Waals surface area (Å²) in [6.07, 6.45) is 2.50. The molecule has 0 spiro atoms. The molecule has 2 aromatic heterocycles. The van der Waals surface area contributed by atoms with E-state index < -0.39 is 22.4 Å². The number of amides is 2. The average Bonchev–Trinajstić information content (AvgIpc) is 3.16. The van der Waals surface area contributed by atoms with Crippen molar-refractivity contribution in [2.45, 2.75) is 27.3 Å². The maximum Gasteiger partial charge on any atom is 0.320 e. The van der Waals surface area contributed by atoms with Crippen LogP contribution in [0, 0.1) is 16.0 Å². The number of hydrogen-bond acceptors (Lipinski definition) is 6. The van der Waals surface area contributed by atoms with E-state index in [0.717, 1.165) is 10.9 Å². The Morgan fingerprint density at radius 2 is 2.04 bits per heavy atom. The van der Waals surface area contributed by atoms with E-state index in [0.29, 0.717) is 13.1 Å². The van der Waals surface area contributed by atoms with Crippen LogP contribution in [-0.4, -0.2) is 42.8 Å². The minimum absolute atomic E-state index is 0.0469. The van der Waals surface area contributed by atoms with Crippen LogP contribution in [0.4, 0.5) is 11.4 Å². The summed E-state index contributed by atoms with van der Waals surface area (Å²) in [5, 5.41) is 24.2. The molecule has 0 saturated heterocycles. The van der Waals surface area contributed by atoms with Crippen LogP contribution in [0.2, 0.25) is 0 Å². The third kappa shape index (κ3) is 4.05. The number of nitrogens with one attached hydrogen (secondary N) is 2. The monoisotopic (exact) mass is 363 g/mol. The van der Waals surface area contributed by atoms with Gasteiger partial charge in [0.1, 0.15) is 6.20 Å². The summed E-state index contributed by atoms with van der Waals surface area (Å²) in [6.45, 7) is 6.69. The summed E-state index contributed by atoms with van der Waals surface area (Å²) in [6, 6.07) is 0. The lowest BCUT2D eigenvalue weighted by Crippen LogP contribution is -2.29. The molecule has 140 valence electrons. The maximum absolute atomic E-state index is 12.5. The second-order valence-electron chi connectivity index (χ2n) is 6.06. The van der Waals surface area contributed by atoms with Crippen molar-refractivity contribution in [3.63, 3.8) is 0 Å². The molecular formula is C15H21N7O4. The number of hydrogen-bond donors (Lipinski definition) is 2. The number of rotatable bonds is 7. The van der Waals surface area contributed by atoms with Crippen molar-refractivity contribution < 1.29 is 14.5 Å². The zero-order chi connectivity index (χ0) is 19.4. The molecule has 2 N–H and O–H groups in total. The molecule has 26 heavy (non-hydrogen) atoms. The first-order valence-corrected chi connectivity index (χ1v) is 8.08. The molecule has 0 unspecified atom stereocenters. The van der Waals surface area contributed by atoms with Crippen molar-refractivity contribution >= 4 is 23.2 Å². The van der Waals surface area contributed by atoms with Gasteiger partial charge in [0.05, 0.1) is 10.6 Å². The standard InChI is InChI=1S/C15H21N7O4/c1-5-21-8-10(12(19-21)14(23)16-6-9(2)3)18-15(24)13-11(22(25)26)7-17-20(13)4/h7-9H,5-6H2,1-4H3,(H,16,23)(H,18,24). The molecule has 0 saturated carbocycles. The third-order valence-electron chi connectivity index (χ3n) is 3.55. The number of carbonyl (C=O) groups is 2. The molecule has 0 fully saturated rings. The van der Waals surface area contributed by atoms with E-state index in [9.17, 15) is 19.7 Å². The number of nitrogens with zero attached hydrogens (tertiary/aromatic N) is 5. The van der Waals surface area contributed by atoms with Crippen LogP contribution in [0.25, 0.3) is 0 Å². The summed E-state index contributed by atoms with van der Waals surface area (Å²) >= 11 is 0. The number of nitro groups is 1. The fourth-order valence-electron chi connectivity index (χ4n) is 2.23. The lowest BCUT2D eigenvalue weighted by atomic mass is 10.2. The summed E-state index contributed by atoms with van der Waals surface area (Å²) in [5.41, 5.74) is -0.411. The largest absolute Gasteiger partial charge is 0.350 e. The number of aromatic nitrogens is 4. The van der Waals surface area contributed by atoms with Gasteiger partial charge in [0.25, 0.3) is 11.8 Å². The van der Waals surface area contributed by atoms with Crippen molar-refractivity contribution in [2.24, 2.45) is 13.0 Å². The van der Waals surface area contributed by atoms with Crippen LogP contribution in [0.1, 0.15) is 41.7 Å². The van der Waals surface area contributed by atoms with Gasteiger partial charge in [0, 0.05) is 26.3 Å². The SMILES string of the molecule is CCn1cc(NC(=O)c2c([N+](=O)[O-])cnn2C)c(C(=O)NCC(C)C)n1. The predicted octanol–water partition coefficient (Wildman–Crippen LogP) is 1.18. The topological polar surface area (TPSA) is 137 Å². The maximum atomic E-state index is 12.5. The molecule has 0 aliphatic rings. The summed E-state index contributed by atoms with van der Waals surface area (Å²) < 4.78 is 2.60. The smallest absolute Gasteiger partial charge is 0.320 e. The quantitative estimate of drug-likeness (QED) is 0.560. The van der Waals surface area contributed by atoms with E-state index in [2.05, 4.69) is 20.8 Å². The first-order chi connectivity index (χ1) is 12.2. The van der Waals surface area contributed by atoms with E-state index in [1.807, 2.05) is 20.8 Å². The van der Waals surface area contributed by atoms with Crippen molar-refractivity contribution in [1.29, 1.82) is 0 Å².